The highest BCUT2D eigenvalue weighted by Crippen LogP contribution is 2.34. The number of aliphatic hydroxyl groups is 3. The van der Waals surface area contributed by atoms with Gasteiger partial charge in [0.15, 0.2) is 17.5 Å². The van der Waals surface area contributed by atoms with E-state index < -0.39 is 53.8 Å². The number of nitrogens with one attached hydrogen (secondary N) is 1. The fraction of sp³-hybridized carbons (Fsp3) is 0.300. The number of halogens is 4. The Bertz CT molecular complexity index is 1080. The normalized spacial score (nSPS) is 25.5. The molecule has 2 heterocycles. The molecule has 0 bridgehead atoms. The first-order valence-electron chi connectivity index (χ1n) is 9.37. The van der Waals surface area contributed by atoms with E-state index in [2.05, 4.69) is 10.3 Å². The molecule has 1 aromatic heterocycles. The second-order valence-electron chi connectivity index (χ2n) is 6.98. The lowest BCUT2D eigenvalue weighted by Gasteiger charge is -2.42. The van der Waals surface area contributed by atoms with Crippen LogP contribution in [0.25, 0.3) is 5.70 Å². The molecule has 6 N–H and O–H groups in total. The molecule has 3 rings (SSSR count). The molecule has 0 saturated carbocycles. The minimum Gasteiger partial charge on any atom is -0.397 e. The Morgan fingerprint density at radius 2 is 1.94 bits per heavy atom. The quantitative estimate of drug-likeness (QED) is 0.371. The van der Waals surface area contributed by atoms with E-state index in [0.717, 1.165) is 18.0 Å². The number of hydrogen-bond donors (Lipinski definition) is 5. The third-order valence-corrected chi connectivity index (χ3v) is 6.22. The summed E-state index contributed by atoms with van der Waals surface area (Å²) in [5, 5.41) is 42.9. The van der Waals surface area contributed by atoms with Crippen molar-refractivity contribution in [2.75, 3.05) is 6.61 Å². The van der Waals surface area contributed by atoms with Crippen molar-refractivity contribution in [3.05, 3.63) is 64.2 Å². The largest absolute Gasteiger partial charge is 0.397 e. The van der Waals surface area contributed by atoms with Gasteiger partial charge in [-0.25, -0.2) is 18.2 Å². The van der Waals surface area contributed by atoms with Crippen molar-refractivity contribution in [1.82, 2.24) is 10.3 Å². The molecule has 5 atom stereocenters. The number of nitrogens with zero attached hydrogens (tertiary/aromatic N) is 2. The Morgan fingerprint density at radius 3 is 2.52 bits per heavy atom. The lowest BCUT2D eigenvalue weighted by molar-refractivity contribution is -0.164. The predicted molar refractivity (Wildman–Crippen MR) is 113 cm³/mol. The molecule has 5 unspecified atom stereocenters. The zero-order chi connectivity index (χ0) is 24.3. The number of aliphatic hydroxyl groups excluding tert-OH is 3. The molecule has 1 aliphatic rings. The van der Waals surface area contributed by atoms with Gasteiger partial charge in [0.25, 0.3) is 0 Å². The molecule has 1 saturated heterocycles. The average Bonchev–Trinajstić information content (AvgIpc) is 2.78. The Hall–Kier alpha value is -2.53. The first kappa shape index (κ1) is 25.1. The molecule has 1 aliphatic heterocycles. The highest BCUT2D eigenvalue weighted by atomic mass is 35.5. The second kappa shape index (κ2) is 10.6. The van der Waals surface area contributed by atoms with Crippen LogP contribution in [0.2, 0.25) is 5.02 Å². The molecule has 1 fully saturated rings. The third-order valence-electron chi connectivity index (χ3n) is 4.82. The first-order valence-corrected chi connectivity index (χ1v) is 10.6. The summed E-state index contributed by atoms with van der Waals surface area (Å²) in [7, 11) is 0. The minimum atomic E-state index is -1.64. The van der Waals surface area contributed by atoms with E-state index in [4.69, 9.17) is 27.3 Å². The molecule has 0 spiro atoms. The molecule has 0 aliphatic carbocycles. The number of aromatic nitrogens is 1. The van der Waals surface area contributed by atoms with Crippen LogP contribution in [-0.4, -0.2) is 56.7 Å². The van der Waals surface area contributed by atoms with Crippen LogP contribution in [0.15, 0.2) is 35.6 Å². The highest BCUT2D eigenvalue weighted by molar-refractivity contribution is 7.99. The van der Waals surface area contributed by atoms with Crippen LogP contribution in [0.3, 0.4) is 0 Å². The maximum absolute atomic E-state index is 13.5. The Morgan fingerprint density at radius 1 is 1.27 bits per heavy atom. The van der Waals surface area contributed by atoms with Crippen molar-refractivity contribution < 1.29 is 33.2 Å². The number of nitriles is 1. The summed E-state index contributed by atoms with van der Waals surface area (Å²) in [6.45, 7) is -0.585. The van der Waals surface area contributed by atoms with E-state index in [1.165, 1.54) is 12.3 Å². The van der Waals surface area contributed by atoms with Gasteiger partial charge >= 0.3 is 0 Å². The predicted octanol–water partition coefficient (Wildman–Crippen LogP) is 1.47. The fourth-order valence-electron chi connectivity index (χ4n) is 3.05. The number of benzene rings is 1. The van der Waals surface area contributed by atoms with Crippen LogP contribution in [0.5, 0.6) is 0 Å². The zero-order valence-corrected chi connectivity index (χ0v) is 18.2. The maximum Gasteiger partial charge on any atom is 0.194 e. The summed E-state index contributed by atoms with van der Waals surface area (Å²) in [5.41, 5.74) is 4.55. The van der Waals surface area contributed by atoms with Gasteiger partial charge in [-0.2, -0.15) is 5.26 Å². The summed E-state index contributed by atoms with van der Waals surface area (Å²) in [6.07, 6.45) is -1.55. The minimum absolute atomic E-state index is 0.142. The number of hydrogen-bond acceptors (Lipinski definition) is 9. The summed E-state index contributed by atoms with van der Waals surface area (Å²) < 4.78 is 45.7. The van der Waals surface area contributed by atoms with Crippen LogP contribution in [0, 0.1) is 28.8 Å². The van der Waals surface area contributed by atoms with Gasteiger partial charge in [-0.15, -0.1) is 0 Å². The summed E-state index contributed by atoms with van der Waals surface area (Å²) in [6, 6.07) is 3.53. The van der Waals surface area contributed by atoms with Gasteiger partial charge in [0, 0.05) is 18.0 Å². The lowest BCUT2D eigenvalue weighted by atomic mass is 9.97. The molecule has 13 heteroatoms. The van der Waals surface area contributed by atoms with Crippen LogP contribution >= 0.6 is 23.4 Å². The molecule has 2 aromatic rings. The van der Waals surface area contributed by atoms with E-state index in [-0.39, 0.29) is 21.8 Å². The van der Waals surface area contributed by atoms with Gasteiger partial charge < -0.3 is 31.1 Å². The molecule has 8 nitrogen and oxygen atoms in total. The Kier molecular flexibility index (Phi) is 8.06. The van der Waals surface area contributed by atoms with Crippen molar-refractivity contribution in [2.45, 2.75) is 34.8 Å². The van der Waals surface area contributed by atoms with E-state index >= 15 is 0 Å². The lowest BCUT2D eigenvalue weighted by Crippen LogP contribution is -2.62. The SMILES string of the molecule is N#Cc1cnc(SC2OC(CO)C(O)C(N/C=C(\N)c3cc(F)c(F)c(F)c3)C2O)cc1Cl. The number of nitrogens with two attached hydrogens (primary N) is 1. The van der Waals surface area contributed by atoms with Crippen molar-refractivity contribution in [3.63, 3.8) is 0 Å². The van der Waals surface area contributed by atoms with E-state index in [0.29, 0.717) is 17.2 Å². The van der Waals surface area contributed by atoms with Gasteiger partial charge in [0.1, 0.15) is 34.8 Å². The van der Waals surface area contributed by atoms with Crippen LogP contribution in [0.1, 0.15) is 11.1 Å². The number of pyridine rings is 1. The monoisotopic (exact) mass is 502 g/mol. The molecular formula is C20H18ClF3N4O4S. The summed E-state index contributed by atoms with van der Waals surface area (Å²) in [4.78, 5) is 4.06. The molecule has 0 radical (unpaired) electrons. The van der Waals surface area contributed by atoms with Crippen molar-refractivity contribution >= 4 is 29.1 Å². The molecular weight excluding hydrogens is 485 g/mol. The highest BCUT2D eigenvalue weighted by Gasteiger charge is 2.44. The third kappa shape index (κ3) is 5.52. The molecule has 1 aromatic carbocycles. The maximum atomic E-state index is 13.5. The van der Waals surface area contributed by atoms with Gasteiger partial charge in [0.2, 0.25) is 0 Å². The number of ether oxygens (including phenoxy) is 1. The van der Waals surface area contributed by atoms with Gasteiger partial charge in [-0.1, -0.05) is 23.4 Å². The second-order valence-corrected chi connectivity index (χ2v) is 8.51. The van der Waals surface area contributed by atoms with Gasteiger partial charge in [-0.3, -0.25) is 0 Å². The van der Waals surface area contributed by atoms with E-state index in [1.54, 1.807) is 0 Å². The molecule has 33 heavy (non-hydrogen) atoms. The number of thioether (sulfide) groups is 1. The zero-order valence-electron chi connectivity index (χ0n) is 16.6. The number of rotatable bonds is 6. The van der Waals surface area contributed by atoms with Crippen molar-refractivity contribution in [3.8, 4) is 6.07 Å². The van der Waals surface area contributed by atoms with Crippen LogP contribution in [-0.2, 0) is 4.74 Å². The van der Waals surface area contributed by atoms with Gasteiger partial charge in [0.05, 0.1) is 28.9 Å². The summed E-state index contributed by atoms with van der Waals surface area (Å²) >= 11 is 6.93. The van der Waals surface area contributed by atoms with Crippen molar-refractivity contribution in [1.29, 1.82) is 5.26 Å². The van der Waals surface area contributed by atoms with E-state index in [1.807, 2.05) is 6.07 Å². The smallest absolute Gasteiger partial charge is 0.194 e. The van der Waals surface area contributed by atoms with E-state index in [9.17, 15) is 28.5 Å². The van der Waals surface area contributed by atoms with Crippen LogP contribution < -0.4 is 11.1 Å². The van der Waals surface area contributed by atoms with Crippen LogP contribution in [0.4, 0.5) is 13.2 Å². The summed E-state index contributed by atoms with van der Waals surface area (Å²) in [5.74, 6) is -4.51. The fourth-order valence-corrected chi connectivity index (χ4v) is 4.36. The Balaban J connectivity index is 1.80. The first-order chi connectivity index (χ1) is 15.7. The topological polar surface area (TPSA) is 145 Å². The van der Waals surface area contributed by atoms with Gasteiger partial charge in [-0.05, 0) is 18.2 Å². The van der Waals surface area contributed by atoms with Crippen molar-refractivity contribution in [2.24, 2.45) is 5.73 Å². The standard InChI is InChI=1S/C20H18ClF3N4O4S/c21-10-3-15(27-5-9(10)4-25)33-20-19(31)17(18(30)14(7-29)32-20)28-6-13(26)8-1-11(22)16(24)12(23)2-8/h1-3,5-6,14,17-20,28-31H,7,26H2/b13-6-. The molecule has 0 amide bonds. The Labute approximate surface area is 195 Å². The molecule has 176 valence electrons. The average molecular weight is 503 g/mol.